The summed E-state index contributed by atoms with van der Waals surface area (Å²) in [4.78, 5) is 12.2. The average molecular weight is 342 g/mol. The van der Waals surface area contributed by atoms with Gasteiger partial charge in [0.05, 0.1) is 12.7 Å². The zero-order chi connectivity index (χ0) is 18.5. The van der Waals surface area contributed by atoms with E-state index in [1.807, 2.05) is 49.4 Å². The van der Waals surface area contributed by atoms with Crippen molar-refractivity contribution in [1.82, 2.24) is 0 Å². The number of carbonyl (C=O) groups excluding carboxylic acids is 1. The number of methoxy groups -OCH3 is 1. The van der Waals surface area contributed by atoms with Crippen LogP contribution in [0.2, 0.25) is 0 Å². The Bertz CT molecular complexity index is 933. The summed E-state index contributed by atoms with van der Waals surface area (Å²) in [5.41, 5.74) is 7.06. The summed E-state index contributed by atoms with van der Waals surface area (Å²) in [5.74, 6) is -0.324. The minimum absolute atomic E-state index is 0.324. The van der Waals surface area contributed by atoms with Gasteiger partial charge in [-0.2, -0.15) is 0 Å². The fraction of sp³-hybridized carbons (Fsp3) is 0.125. The summed E-state index contributed by atoms with van der Waals surface area (Å²) in [6.45, 7) is 4.12. The van der Waals surface area contributed by atoms with Crippen molar-refractivity contribution in [3.8, 4) is 11.1 Å². The predicted molar refractivity (Wildman–Crippen MR) is 108 cm³/mol. The highest BCUT2D eigenvalue weighted by atomic mass is 16.5. The van der Waals surface area contributed by atoms with Gasteiger partial charge in [0, 0.05) is 0 Å². The molecular weight excluding hydrogens is 320 g/mol. The van der Waals surface area contributed by atoms with Crippen LogP contribution in [0.1, 0.15) is 32.6 Å². The molecule has 2 heteroatoms. The van der Waals surface area contributed by atoms with E-state index in [1.165, 1.54) is 18.2 Å². The van der Waals surface area contributed by atoms with Gasteiger partial charge in [0.1, 0.15) is 0 Å². The molecule has 0 N–H and O–H groups in total. The number of carbonyl (C=O) groups is 1. The molecule has 26 heavy (non-hydrogen) atoms. The van der Waals surface area contributed by atoms with E-state index in [9.17, 15) is 4.79 Å². The van der Waals surface area contributed by atoms with Crippen molar-refractivity contribution >= 4 is 18.1 Å². The fourth-order valence-electron chi connectivity index (χ4n) is 2.80. The Morgan fingerprint density at radius 3 is 1.92 bits per heavy atom. The van der Waals surface area contributed by atoms with Crippen molar-refractivity contribution < 1.29 is 9.53 Å². The van der Waals surface area contributed by atoms with Gasteiger partial charge in [0.25, 0.3) is 0 Å². The molecule has 0 spiro atoms. The molecule has 0 aliphatic rings. The molecule has 0 radical (unpaired) electrons. The molecule has 3 aromatic carbocycles. The van der Waals surface area contributed by atoms with E-state index in [2.05, 4.69) is 43.3 Å². The molecule has 0 unspecified atom stereocenters. The number of esters is 1. The molecule has 0 bridgehead atoms. The summed E-state index contributed by atoms with van der Waals surface area (Å²) in [6, 6.07) is 22.3. The summed E-state index contributed by atoms with van der Waals surface area (Å²) in [6.07, 6.45) is 4.13. The van der Waals surface area contributed by atoms with E-state index in [0.29, 0.717) is 5.56 Å². The Morgan fingerprint density at radius 1 is 0.769 bits per heavy atom. The Balaban J connectivity index is 2.00. The first kappa shape index (κ1) is 17.7. The van der Waals surface area contributed by atoms with Crippen LogP contribution in [-0.4, -0.2) is 13.1 Å². The van der Waals surface area contributed by atoms with E-state index in [-0.39, 0.29) is 5.97 Å². The van der Waals surface area contributed by atoms with Gasteiger partial charge in [-0.25, -0.2) is 4.79 Å². The maximum absolute atomic E-state index is 12.2. The van der Waals surface area contributed by atoms with Crippen LogP contribution in [0.5, 0.6) is 0 Å². The zero-order valence-corrected chi connectivity index (χ0v) is 15.3. The molecule has 0 saturated heterocycles. The van der Waals surface area contributed by atoms with Crippen molar-refractivity contribution in [1.29, 1.82) is 0 Å². The van der Waals surface area contributed by atoms with Crippen LogP contribution in [0.3, 0.4) is 0 Å². The number of rotatable bonds is 4. The van der Waals surface area contributed by atoms with Crippen molar-refractivity contribution in [3.63, 3.8) is 0 Å². The zero-order valence-electron chi connectivity index (χ0n) is 15.3. The SMILES string of the molecule is COC(=O)c1ccc(/C=C/c2ccc(C)cc2)cc1-c1ccc(C)cc1. The number of aryl methyl sites for hydroxylation is 2. The lowest BCUT2D eigenvalue weighted by molar-refractivity contribution is 0.0601. The van der Waals surface area contributed by atoms with Crippen LogP contribution in [0, 0.1) is 13.8 Å². The molecule has 0 heterocycles. The van der Waals surface area contributed by atoms with Crippen molar-refractivity contribution in [3.05, 3.63) is 94.5 Å². The first-order valence-electron chi connectivity index (χ1n) is 8.61. The molecule has 0 fully saturated rings. The van der Waals surface area contributed by atoms with E-state index >= 15 is 0 Å². The van der Waals surface area contributed by atoms with Gasteiger partial charge >= 0.3 is 5.97 Å². The molecule has 0 aliphatic carbocycles. The van der Waals surface area contributed by atoms with Gasteiger partial charge in [0.2, 0.25) is 0 Å². The van der Waals surface area contributed by atoms with Crippen molar-refractivity contribution in [2.24, 2.45) is 0 Å². The number of hydrogen-bond acceptors (Lipinski definition) is 2. The third kappa shape index (κ3) is 4.09. The van der Waals surface area contributed by atoms with Crippen LogP contribution in [0.15, 0.2) is 66.7 Å². The predicted octanol–water partition coefficient (Wildman–Crippen LogP) is 5.93. The van der Waals surface area contributed by atoms with Gasteiger partial charge in [-0.15, -0.1) is 0 Å². The van der Waals surface area contributed by atoms with Gasteiger partial charge < -0.3 is 4.74 Å². The number of hydrogen-bond donors (Lipinski definition) is 0. The molecule has 0 aliphatic heterocycles. The molecule has 3 aromatic rings. The van der Waals surface area contributed by atoms with E-state index in [4.69, 9.17) is 4.74 Å². The van der Waals surface area contributed by atoms with Crippen LogP contribution in [0.4, 0.5) is 0 Å². The highest BCUT2D eigenvalue weighted by Gasteiger charge is 2.13. The van der Waals surface area contributed by atoms with Crippen molar-refractivity contribution in [2.75, 3.05) is 7.11 Å². The topological polar surface area (TPSA) is 26.3 Å². The minimum Gasteiger partial charge on any atom is -0.465 e. The maximum atomic E-state index is 12.2. The number of ether oxygens (including phenoxy) is 1. The average Bonchev–Trinajstić information content (AvgIpc) is 2.67. The molecule has 130 valence electrons. The fourth-order valence-corrected chi connectivity index (χ4v) is 2.80. The molecule has 0 amide bonds. The molecule has 2 nitrogen and oxygen atoms in total. The third-order valence-electron chi connectivity index (χ3n) is 4.36. The first-order chi connectivity index (χ1) is 12.6. The largest absolute Gasteiger partial charge is 0.465 e. The van der Waals surface area contributed by atoms with Crippen molar-refractivity contribution in [2.45, 2.75) is 13.8 Å². The number of benzene rings is 3. The highest BCUT2D eigenvalue weighted by Crippen LogP contribution is 2.27. The lowest BCUT2D eigenvalue weighted by atomic mass is 9.96. The van der Waals surface area contributed by atoms with Crippen LogP contribution in [0.25, 0.3) is 23.3 Å². The second-order valence-electron chi connectivity index (χ2n) is 6.41. The molecule has 0 aromatic heterocycles. The van der Waals surface area contributed by atoms with E-state index in [1.54, 1.807) is 0 Å². The summed E-state index contributed by atoms with van der Waals surface area (Å²) in [5, 5.41) is 0. The second kappa shape index (κ2) is 7.83. The van der Waals surface area contributed by atoms with Crippen LogP contribution >= 0.6 is 0 Å². The molecule has 0 saturated carbocycles. The lowest BCUT2D eigenvalue weighted by Crippen LogP contribution is -2.03. The first-order valence-corrected chi connectivity index (χ1v) is 8.61. The van der Waals surface area contributed by atoms with Crippen LogP contribution in [-0.2, 0) is 4.74 Å². The smallest absolute Gasteiger partial charge is 0.338 e. The Morgan fingerprint density at radius 2 is 1.31 bits per heavy atom. The van der Waals surface area contributed by atoms with Crippen LogP contribution < -0.4 is 0 Å². The molecular formula is C24H22O2. The lowest BCUT2D eigenvalue weighted by Gasteiger charge is -2.10. The normalized spacial score (nSPS) is 10.9. The molecule has 3 rings (SSSR count). The Labute approximate surface area is 154 Å². The summed E-state index contributed by atoms with van der Waals surface area (Å²) < 4.78 is 4.95. The Hall–Kier alpha value is -3.13. The van der Waals surface area contributed by atoms with E-state index < -0.39 is 0 Å². The molecule has 0 atom stereocenters. The summed E-state index contributed by atoms with van der Waals surface area (Å²) >= 11 is 0. The van der Waals surface area contributed by atoms with Gasteiger partial charge in [-0.3, -0.25) is 0 Å². The van der Waals surface area contributed by atoms with Gasteiger partial charge in [0.15, 0.2) is 0 Å². The maximum Gasteiger partial charge on any atom is 0.338 e. The quantitative estimate of drug-likeness (QED) is 0.434. The third-order valence-corrected chi connectivity index (χ3v) is 4.36. The second-order valence-corrected chi connectivity index (χ2v) is 6.41. The van der Waals surface area contributed by atoms with Gasteiger partial charge in [-0.05, 0) is 48.2 Å². The minimum atomic E-state index is -0.324. The van der Waals surface area contributed by atoms with E-state index in [0.717, 1.165) is 22.3 Å². The summed E-state index contributed by atoms with van der Waals surface area (Å²) in [7, 11) is 1.41. The Kier molecular flexibility index (Phi) is 5.33. The highest BCUT2D eigenvalue weighted by molar-refractivity contribution is 5.98. The standard InChI is InChI=1S/C24H22O2/c1-17-4-8-19(9-5-17)10-11-20-12-15-22(24(25)26-3)23(16-20)21-13-6-18(2)7-14-21/h4-16H,1-3H3/b11-10+. The van der Waals surface area contributed by atoms with Gasteiger partial charge in [-0.1, -0.05) is 77.9 Å². The monoisotopic (exact) mass is 342 g/mol.